The molecule has 180 valence electrons. The van der Waals surface area contributed by atoms with Gasteiger partial charge in [0.2, 0.25) is 24.2 Å². The number of carbonyl (C=O) groups is 1. The van der Waals surface area contributed by atoms with Crippen LogP contribution in [0.5, 0.6) is 28.7 Å². The highest BCUT2D eigenvalue weighted by atomic mass is 16.7. The molecule has 0 unspecified atom stereocenters. The zero-order valence-corrected chi connectivity index (χ0v) is 19.0. The summed E-state index contributed by atoms with van der Waals surface area (Å²) < 4.78 is 27.3. The van der Waals surface area contributed by atoms with Crippen molar-refractivity contribution in [1.29, 1.82) is 0 Å². The molecule has 1 amide bonds. The van der Waals surface area contributed by atoms with Crippen molar-refractivity contribution in [2.45, 2.75) is 25.7 Å². The highest BCUT2D eigenvalue weighted by Crippen LogP contribution is 2.52. The van der Waals surface area contributed by atoms with Crippen molar-refractivity contribution in [3.8, 4) is 28.7 Å². The number of nitrogens with zero attached hydrogens (tertiary/aromatic N) is 1. The molecular formula is C23H25N3O8. The Balaban J connectivity index is 1.73. The average molecular weight is 471 g/mol. The molecule has 34 heavy (non-hydrogen) atoms. The maximum atomic E-state index is 12.9. The second-order valence-electron chi connectivity index (χ2n) is 7.64. The van der Waals surface area contributed by atoms with Gasteiger partial charge in [-0.3, -0.25) is 4.79 Å². The summed E-state index contributed by atoms with van der Waals surface area (Å²) >= 11 is 0. The van der Waals surface area contributed by atoms with Crippen LogP contribution in [-0.2, 0) is 11.2 Å². The molecule has 0 saturated carbocycles. The van der Waals surface area contributed by atoms with Gasteiger partial charge in [0, 0.05) is 48.8 Å². The molecule has 0 spiro atoms. The Morgan fingerprint density at radius 3 is 2.74 bits per heavy atom. The molecule has 4 rings (SSSR count). The Bertz CT molecular complexity index is 1240. The summed E-state index contributed by atoms with van der Waals surface area (Å²) in [5, 5.41) is 13.5. The third-order valence-corrected chi connectivity index (χ3v) is 5.49. The molecule has 3 N–H and O–H groups in total. The minimum Gasteiger partial charge on any atom is -0.507 e. The standard InChI is InChI=1S/C23H25N3O8/c1-12-6-16(27)19(23(29)34-12)14(8-18(28)25-5-4-13-9-24-10-26-13)15-7-17(30-2)21-22(20(15)31-3)33-11-32-21/h6-7,9-10,14,27H,4-5,8,11H2,1-3H3,(H,24,26)(H,25,28)/t14-/m0/s1. The Labute approximate surface area is 194 Å². The topological polar surface area (TPSA) is 145 Å². The normalized spacial score (nSPS) is 12.9. The van der Waals surface area contributed by atoms with Crippen molar-refractivity contribution in [1.82, 2.24) is 15.3 Å². The summed E-state index contributed by atoms with van der Waals surface area (Å²) in [5.41, 5.74) is 0.439. The number of rotatable bonds is 9. The van der Waals surface area contributed by atoms with Crippen molar-refractivity contribution in [3.63, 3.8) is 0 Å². The van der Waals surface area contributed by atoms with Gasteiger partial charge in [-0.15, -0.1) is 0 Å². The average Bonchev–Trinajstić information content (AvgIpc) is 3.49. The number of imidazole rings is 1. The lowest BCUT2D eigenvalue weighted by molar-refractivity contribution is -0.121. The molecular weight excluding hydrogens is 446 g/mol. The molecule has 0 bridgehead atoms. The first-order valence-electron chi connectivity index (χ1n) is 10.5. The second-order valence-corrected chi connectivity index (χ2v) is 7.64. The van der Waals surface area contributed by atoms with E-state index >= 15 is 0 Å². The van der Waals surface area contributed by atoms with Crippen LogP contribution in [0.4, 0.5) is 0 Å². The second kappa shape index (κ2) is 9.77. The number of H-pyrrole nitrogens is 1. The lowest BCUT2D eigenvalue weighted by Crippen LogP contribution is -2.29. The number of aromatic nitrogens is 2. The molecule has 0 radical (unpaired) electrons. The molecule has 3 aromatic rings. The van der Waals surface area contributed by atoms with Gasteiger partial charge in [-0.2, -0.15) is 0 Å². The van der Waals surface area contributed by atoms with Gasteiger partial charge in [0.25, 0.3) is 0 Å². The van der Waals surface area contributed by atoms with E-state index in [9.17, 15) is 14.7 Å². The van der Waals surface area contributed by atoms with Crippen LogP contribution in [0.1, 0.15) is 34.9 Å². The number of methoxy groups -OCH3 is 2. The SMILES string of the molecule is COc1cc([C@H](CC(=O)NCCc2cnc[nH]2)c2c(O)cc(C)oc2=O)c(OC)c2c1OCO2. The lowest BCUT2D eigenvalue weighted by atomic mass is 9.87. The number of fused-ring (bicyclic) bond motifs is 1. The van der Waals surface area contributed by atoms with Crippen molar-refractivity contribution < 1.29 is 33.3 Å². The highest BCUT2D eigenvalue weighted by molar-refractivity contribution is 5.78. The van der Waals surface area contributed by atoms with Crippen LogP contribution in [0, 0.1) is 6.92 Å². The molecule has 2 aromatic heterocycles. The van der Waals surface area contributed by atoms with Crippen molar-refractivity contribution in [2.75, 3.05) is 27.6 Å². The van der Waals surface area contributed by atoms with Crippen molar-refractivity contribution in [3.05, 3.63) is 57.7 Å². The Morgan fingerprint density at radius 2 is 2.06 bits per heavy atom. The van der Waals surface area contributed by atoms with Gasteiger partial charge in [-0.05, 0) is 13.0 Å². The maximum absolute atomic E-state index is 12.9. The van der Waals surface area contributed by atoms with Gasteiger partial charge < -0.3 is 38.8 Å². The molecule has 1 atom stereocenters. The first kappa shape index (κ1) is 23.0. The fourth-order valence-corrected chi connectivity index (χ4v) is 3.96. The van der Waals surface area contributed by atoms with Crippen LogP contribution < -0.4 is 29.9 Å². The smallest absolute Gasteiger partial charge is 0.343 e. The van der Waals surface area contributed by atoms with Crippen molar-refractivity contribution in [2.24, 2.45) is 0 Å². The Hall–Kier alpha value is -4.15. The number of benzene rings is 1. The van der Waals surface area contributed by atoms with E-state index in [1.54, 1.807) is 25.5 Å². The number of hydrogen-bond acceptors (Lipinski definition) is 9. The van der Waals surface area contributed by atoms with E-state index in [0.717, 1.165) is 5.69 Å². The number of aromatic amines is 1. The minimum atomic E-state index is -0.928. The number of aryl methyl sites for hydroxylation is 1. The first-order valence-corrected chi connectivity index (χ1v) is 10.5. The fourth-order valence-electron chi connectivity index (χ4n) is 3.96. The number of aromatic hydroxyl groups is 1. The van der Waals surface area contributed by atoms with Gasteiger partial charge in [0.05, 0.1) is 26.1 Å². The van der Waals surface area contributed by atoms with E-state index < -0.39 is 11.5 Å². The van der Waals surface area contributed by atoms with E-state index in [0.29, 0.717) is 30.0 Å². The van der Waals surface area contributed by atoms with Gasteiger partial charge in [0.15, 0.2) is 11.5 Å². The third kappa shape index (κ3) is 4.49. The summed E-state index contributed by atoms with van der Waals surface area (Å²) in [6.07, 6.45) is 3.61. The van der Waals surface area contributed by atoms with E-state index in [-0.39, 0.29) is 47.7 Å². The predicted octanol–water partition coefficient (Wildman–Crippen LogP) is 2.00. The van der Waals surface area contributed by atoms with Gasteiger partial charge in [-0.25, -0.2) is 9.78 Å². The molecule has 11 heteroatoms. The van der Waals surface area contributed by atoms with Crippen LogP contribution in [-0.4, -0.2) is 48.5 Å². The molecule has 0 aliphatic carbocycles. The number of amides is 1. The van der Waals surface area contributed by atoms with Crippen LogP contribution in [0.2, 0.25) is 0 Å². The summed E-state index contributed by atoms with van der Waals surface area (Å²) in [5.74, 6) is -0.0766. The largest absolute Gasteiger partial charge is 0.507 e. The van der Waals surface area contributed by atoms with Crippen molar-refractivity contribution >= 4 is 5.91 Å². The lowest BCUT2D eigenvalue weighted by Gasteiger charge is -2.22. The molecule has 1 aliphatic heterocycles. The summed E-state index contributed by atoms with van der Waals surface area (Å²) in [7, 11) is 2.90. The predicted molar refractivity (Wildman–Crippen MR) is 119 cm³/mol. The Morgan fingerprint density at radius 1 is 1.26 bits per heavy atom. The summed E-state index contributed by atoms with van der Waals surface area (Å²) in [6, 6.07) is 2.93. The third-order valence-electron chi connectivity index (χ3n) is 5.49. The van der Waals surface area contributed by atoms with E-state index in [1.807, 2.05) is 0 Å². The molecule has 0 fully saturated rings. The Kier molecular flexibility index (Phi) is 6.62. The molecule has 11 nitrogen and oxygen atoms in total. The quantitative estimate of drug-likeness (QED) is 0.427. The van der Waals surface area contributed by atoms with Gasteiger partial charge >= 0.3 is 5.63 Å². The molecule has 1 aliphatic rings. The van der Waals surface area contributed by atoms with Crippen LogP contribution >= 0.6 is 0 Å². The molecule has 3 heterocycles. The summed E-state index contributed by atoms with van der Waals surface area (Å²) in [6.45, 7) is 1.86. The van der Waals surface area contributed by atoms with E-state index in [1.165, 1.54) is 20.3 Å². The first-order chi connectivity index (χ1) is 16.4. The number of nitrogens with one attached hydrogen (secondary N) is 2. The van der Waals surface area contributed by atoms with Crippen LogP contribution in [0.25, 0.3) is 0 Å². The highest BCUT2D eigenvalue weighted by Gasteiger charge is 2.34. The maximum Gasteiger partial charge on any atom is 0.343 e. The molecule has 0 saturated heterocycles. The number of carbonyl (C=O) groups excluding carboxylic acids is 1. The van der Waals surface area contributed by atoms with Gasteiger partial charge in [0.1, 0.15) is 11.5 Å². The van der Waals surface area contributed by atoms with E-state index in [2.05, 4.69) is 15.3 Å². The summed E-state index contributed by atoms with van der Waals surface area (Å²) in [4.78, 5) is 32.7. The minimum absolute atomic E-state index is 0.0395. The number of ether oxygens (including phenoxy) is 4. The zero-order valence-electron chi connectivity index (χ0n) is 19.0. The zero-order chi connectivity index (χ0) is 24.2. The van der Waals surface area contributed by atoms with Crippen LogP contribution in [0.15, 0.2) is 33.9 Å². The van der Waals surface area contributed by atoms with Crippen LogP contribution in [0.3, 0.4) is 0 Å². The van der Waals surface area contributed by atoms with E-state index in [4.69, 9.17) is 23.4 Å². The molecule has 1 aromatic carbocycles. The monoisotopic (exact) mass is 471 g/mol. The fraction of sp³-hybridized carbons (Fsp3) is 0.348. The number of hydrogen-bond donors (Lipinski definition) is 3. The van der Waals surface area contributed by atoms with Gasteiger partial charge in [-0.1, -0.05) is 0 Å².